The molecular weight excluding hydrogens is 375 g/mol. The number of fused-ring (bicyclic) bond motifs is 1. The summed E-state index contributed by atoms with van der Waals surface area (Å²) < 4.78 is 29.6. The summed E-state index contributed by atoms with van der Waals surface area (Å²) in [5.41, 5.74) is 8.00. The molecule has 0 aliphatic rings. The molecule has 3 nitrogen and oxygen atoms in total. The number of benzene rings is 2. The van der Waals surface area contributed by atoms with Gasteiger partial charge in [0.05, 0.1) is 20.3 Å². The van der Waals surface area contributed by atoms with Crippen LogP contribution in [0, 0.1) is 22.1 Å². The quantitative estimate of drug-likeness (QED) is 0.648. The molecule has 1 aromatic heterocycles. The highest BCUT2D eigenvalue weighted by Gasteiger charge is 2.15. The first-order valence-corrected chi connectivity index (χ1v) is 6.95. The summed E-state index contributed by atoms with van der Waals surface area (Å²) >= 11 is 1.88. The van der Waals surface area contributed by atoms with E-state index in [0.29, 0.717) is 14.6 Å². The normalized spacial score (nSPS) is 11.2. The van der Waals surface area contributed by atoms with E-state index in [-0.39, 0.29) is 17.5 Å². The molecule has 102 valence electrons. The molecule has 3 rings (SSSR count). The largest absolute Gasteiger partial charge is 0.369 e. The van der Waals surface area contributed by atoms with Crippen molar-refractivity contribution in [3.05, 3.63) is 51.1 Å². The zero-order valence-electron chi connectivity index (χ0n) is 10.5. The van der Waals surface area contributed by atoms with E-state index in [9.17, 15) is 8.78 Å². The highest BCUT2D eigenvalue weighted by Crippen LogP contribution is 2.27. The molecule has 0 radical (unpaired) electrons. The van der Waals surface area contributed by atoms with E-state index in [1.807, 2.05) is 29.5 Å². The van der Waals surface area contributed by atoms with Crippen LogP contribution in [-0.4, -0.2) is 9.55 Å². The molecule has 0 saturated heterocycles. The van der Waals surface area contributed by atoms with Crippen LogP contribution in [0.5, 0.6) is 0 Å². The van der Waals surface area contributed by atoms with E-state index in [1.165, 1.54) is 16.7 Å². The van der Waals surface area contributed by atoms with Crippen molar-refractivity contribution < 1.29 is 8.78 Å². The summed E-state index contributed by atoms with van der Waals surface area (Å²) in [6.45, 7) is 1.85. The summed E-state index contributed by atoms with van der Waals surface area (Å²) in [5, 5.41) is 0. The van der Waals surface area contributed by atoms with Gasteiger partial charge in [0.15, 0.2) is 0 Å². The summed E-state index contributed by atoms with van der Waals surface area (Å²) in [4.78, 5) is 4.16. The van der Waals surface area contributed by atoms with Crippen LogP contribution in [0.4, 0.5) is 14.7 Å². The molecule has 20 heavy (non-hydrogen) atoms. The Morgan fingerprint density at radius 3 is 2.65 bits per heavy atom. The number of halogens is 3. The van der Waals surface area contributed by atoms with Crippen molar-refractivity contribution in [1.29, 1.82) is 0 Å². The van der Waals surface area contributed by atoms with E-state index in [2.05, 4.69) is 4.98 Å². The maximum atomic E-state index is 14.0. The second-order valence-electron chi connectivity index (χ2n) is 4.52. The fourth-order valence-electron chi connectivity index (χ4n) is 2.14. The van der Waals surface area contributed by atoms with Crippen LogP contribution in [0.25, 0.3) is 16.7 Å². The monoisotopic (exact) mass is 385 g/mol. The van der Waals surface area contributed by atoms with Crippen LogP contribution >= 0.6 is 22.6 Å². The van der Waals surface area contributed by atoms with Crippen LogP contribution in [0.15, 0.2) is 30.3 Å². The predicted molar refractivity (Wildman–Crippen MR) is 82.9 cm³/mol. The van der Waals surface area contributed by atoms with Crippen molar-refractivity contribution in [2.45, 2.75) is 6.92 Å². The summed E-state index contributed by atoms with van der Waals surface area (Å²) in [5.74, 6) is -0.682. The molecule has 3 aromatic rings. The second-order valence-corrected chi connectivity index (χ2v) is 5.68. The van der Waals surface area contributed by atoms with Crippen LogP contribution in [0.3, 0.4) is 0 Å². The molecule has 2 N–H and O–H groups in total. The van der Waals surface area contributed by atoms with Gasteiger partial charge in [-0.1, -0.05) is 6.07 Å². The zero-order valence-corrected chi connectivity index (χ0v) is 12.6. The minimum absolute atomic E-state index is 0.130. The lowest BCUT2D eigenvalue weighted by Gasteiger charge is -2.09. The minimum atomic E-state index is -0.430. The number of nitrogen functional groups attached to an aromatic ring is 1. The number of aryl methyl sites for hydroxylation is 1. The Labute approximate surface area is 127 Å². The number of rotatable bonds is 1. The van der Waals surface area contributed by atoms with E-state index >= 15 is 0 Å². The molecular formula is C14H10F2IN3. The average Bonchev–Trinajstić information content (AvgIpc) is 2.69. The molecule has 0 bridgehead atoms. The average molecular weight is 385 g/mol. The Kier molecular flexibility index (Phi) is 3.12. The number of imidazole rings is 1. The molecule has 0 aliphatic heterocycles. The topological polar surface area (TPSA) is 43.8 Å². The lowest BCUT2D eigenvalue weighted by atomic mass is 10.2. The third-order valence-corrected chi connectivity index (χ3v) is 3.89. The molecule has 0 amide bonds. The Morgan fingerprint density at radius 2 is 1.90 bits per heavy atom. The number of nitrogens with two attached hydrogens (primary N) is 1. The van der Waals surface area contributed by atoms with Gasteiger partial charge in [-0.2, -0.15) is 0 Å². The van der Waals surface area contributed by atoms with E-state index in [0.717, 1.165) is 5.56 Å². The highest BCUT2D eigenvalue weighted by atomic mass is 127. The number of hydrogen-bond donors (Lipinski definition) is 1. The van der Waals surface area contributed by atoms with Crippen molar-refractivity contribution in [2.75, 3.05) is 5.73 Å². The van der Waals surface area contributed by atoms with Crippen LogP contribution < -0.4 is 5.73 Å². The van der Waals surface area contributed by atoms with E-state index in [1.54, 1.807) is 18.2 Å². The smallest absolute Gasteiger partial charge is 0.206 e. The third kappa shape index (κ3) is 2.04. The Morgan fingerprint density at radius 1 is 1.15 bits per heavy atom. The Bertz CT molecular complexity index is 827. The third-order valence-electron chi connectivity index (χ3n) is 3.07. The number of anilines is 1. The summed E-state index contributed by atoms with van der Waals surface area (Å²) in [6, 6.07) is 7.59. The Balaban J connectivity index is 2.38. The first-order chi connectivity index (χ1) is 9.47. The van der Waals surface area contributed by atoms with Gasteiger partial charge in [-0.05, 0) is 53.3 Å². The van der Waals surface area contributed by atoms with Crippen molar-refractivity contribution in [3.63, 3.8) is 0 Å². The minimum Gasteiger partial charge on any atom is -0.369 e. The standard InChI is InChI=1S/C14H10F2IN3/c1-7-2-3-8(15)12(4-7)20-13-5-9(16)10(17)6-11(13)19-14(20)18/h2-6H,1H3,(H2,18,19). The first-order valence-electron chi connectivity index (χ1n) is 5.87. The van der Waals surface area contributed by atoms with Gasteiger partial charge in [-0.3, -0.25) is 4.57 Å². The van der Waals surface area contributed by atoms with Gasteiger partial charge < -0.3 is 5.73 Å². The van der Waals surface area contributed by atoms with Crippen LogP contribution in [0.2, 0.25) is 0 Å². The molecule has 2 aromatic carbocycles. The van der Waals surface area contributed by atoms with Gasteiger partial charge in [-0.25, -0.2) is 13.8 Å². The fraction of sp³-hybridized carbons (Fsp3) is 0.0714. The van der Waals surface area contributed by atoms with Crippen molar-refractivity contribution >= 4 is 39.6 Å². The number of hydrogen-bond acceptors (Lipinski definition) is 2. The molecule has 0 spiro atoms. The number of aromatic nitrogens is 2. The Hall–Kier alpha value is -1.70. The number of nitrogens with zero attached hydrogens (tertiary/aromatic N) is 2. The van der Waals surface area contributed by atoms with Crippen molar-refractivity contribution in [2.24, 2.45) is 0 Å². The van der Waals surface area contributed by atoms with Gasteiger partial charge in [0.25, 0.3) is 0 Å². The fourth-order valence-corrected chi connectivity index (χ4v) is 2.59. The predicted octanol–water partition coefficient (Wildman–Crippen LogP) is 3.80. The van der Waals surface area contributed by atoms with Crippen molar-refractivity contribution in [1.82, 2.24) is 9.55 Å². The second kappa shape index (κ2) is 4.69. The molecule has 1 heterocycles. The summed E-state index contributed by atoms with van der Waals surface area (Å²) in [6.07, 6.45) is 0. The van der Waals surface area contributed by atoms with Crippen LogP contribution in [0.1, 0.15) is 5.56 Å². The maximum Gasteiger partial charge on any atom is 0.206 e. The van der Waals surface area contributed by atoms with Crippen LogP contribution in [-0.2, 0) is 0 Å². The van der Waals surface area contributed by atoms with Gasteiger partial charge in [-0.15, -0.1) is 0 Å². The molecule has 0 unspecified atom stereocenters. The first kappa shape index (κ1) is 13.3. The lowest BCUT2D eigenvalue weighted by Crippen LogP contribution is -2.03. The van der Waals surface area contributed by atoms with E-state index in [4.69, 9.17) is 5.73 Å². The zero-order chi connectivity index (χ0) is 14.4. The molecule has 0 atom stereocenters. The lowest BCUT2D eigenvalue weighted by molar-refractivity contribution is 0.616. The van der Waals surface area contributed by atoms with Crippen molar-refractivity contribution in [3.8, 4) is 5.69 Å². The van der Waals surface area contributed by atoms with Gasteiger partial charge in [0.1, 0.15) is 11.6 Å². The maximum absolute atomic E-state index is 14.0. The molecule has 0 aliphatic carbocycles. The summed E-state index contributed by atoms with van der Waals surface area (Å²) in [7, 11) is 0. The highest BCUT2D eigenvalue weighted by molar-refractivity contribution is 14.1. The van der Waals surface area contributed by atoms with Gasteiger partial charge in [0, 0.05) is 6.07 Å². The van der Waals surface area contributed by atoms with E-state index < -0.39 is 5.82 Å². The van der Waals surface area contributed by atoms with Gasteiger partial charge in [0.2, 0.25) is 5.95 Å². The van der Waals surface area contributed by atoms with Gasteiger partial charge >= 0.3 is 0 Å². The molecule has 0 fully saturated rings. The SMILES string of the molecule is Cc1ccc(F)c(-n2c(N)nc3cc(I)c(F)cc32)c1. The molecule has 6 heteroatoms. The molecule has 0 saturated carbocycles.